The first kappa shape index (κ1) is 15.8. The van der Waals surface area contributed by atoms with Crippen LogP contribution in [-0.2, 0) is 0 Å². The average Bonchev–Trinajstić information content (AvgIpc) is 2.54. The molecule has 1 aliphatic carbocycles. The number of benzene rings is 2. The predicted molar refractivity (Wildman–Crippen MR) is 81.8 cm³/mol. The van der Waals surface area contributed by atoms with Gasteiger partial charge in [-0.05, 0) is 54.7 Å². The predicted octanol–water partition coefficient (Wildman–Crippen LogP) is 5.15. The monoisotopic (exact) mass is 322 g/mol. The number of ether oxygens (including phenoxy) is 1. The Hall–Kier alpha value is -2.04. The molecule has 0 unspecified atom stereocenters. The zero-order valence-corrected chi connectivity index (χ0v) is 12.5. The maximum absolute atomic E-state index is 12.7. The minimum Gasteiger partial charge on any atom is -0.490 e. The number of hydrogen-bond donors (Lipinski definition) is 0. The van der Waals surface area contributed by atoms with Crippen molar-refractivity contribution in [3.8, 4) is 5.75 Å². The highest BCUT2D eigenvalue weighted by Crippen LogP contribution is 2.38. The van der Waals surface area contributed by atoms with Gasteiger partial charge in [0.25, 0.3) is 0 Å². The SMILES string of the molecule is O=Cc1ccc2ccc(OC3CCC(C(F)(F)F)CC3)cc2c1. The zero-order chi connectivity index (χ0) is 16.4. The Labute approximate surface area is 132 Å². The van der Waals surface area contributed by atoms with Crippen LogP contribution in [0.4, 0.5) is 13.2 Å². The molecule has 0 aromatic heterocycles. The van der Waals surface area contributed by atoms with Gasteiger partial charge in [-0.3, -0.25) is 4.79 Å². The lowest BCUT2D eigenvalue weighted by atomic mass is 9.87. The summed E-state index contributed by atoms with van der Waals surface area (Å²) < 4.78 is 43.9. The Morgan fingerprint density at radius 3 is 2.30 bits per heavy atom. The van der Waals surface area contributed by atoms with Crippen molar-refractivity contribution in [3.63, 3.8) is 0 Å². The molecule has 3 rings (SSSR count). The second-order valence-electron chi connectivity index (χ2n) is 6.02. The first-order valence-electron chi connectivity index (χ1n) is 7.68. The topological polar surface area (TPSA) is 26.3 Å². The highest BCUT2D eigenvalue weighted by atomic mass is 19.4. The summed E-state index contributed by atoms with van der Waals surface area (Å²) in [6.45, 7) is 0. The van der Waals surface area contributed by atoms with Gasteiger partial charge in [0.15, 0.2) is 0 Å². The lowest BCUT2D eigenvalue weighted by Gasteiger charge is -2.30. The van der Waals surface area contributed by atoms with E-state index < -0.39 is 12.1 Å². The van der Waals surface area contributed by atoms with E-state index in [9.17, 15) is 18.0 Å². The van der Waals surface area contributed by atoms with E-state index in [-0.39, 0.29) is 18.9 Å². The normalized spacial score (nSPS) is 22.0. The van der Waals surface area contributed by atoms with Crippen molar-refractivity contribution in [2.45, 2.75) is 38.0 Å². The summed E-state index contributed by atoms with van der Waals surface area (Å²) in [7, 11) is 0. The molecule has 0 heterocycles. The van der Waals surface area contributed by atoms with Crippen molar-refractivity contribution in [1.29, 1.82) is 0 Å². The first-order chi connectivity index (χ1) is 11.0. The van der Waals surface area contributed by atoms with Gasteiger partial charge in [0.2, 0.25) is 0 Å². The summed E-state index contributed by atoms with van der Waals surface area (Å²) in [4.78, 5) is 10.8. The largest absolute Gasteiger partial charge is 0.490 e. The molecule has 0 N–H and O–H groups in total. The minimum atomic E-state index is -4.10. The van der Waals surface area contributed by atoms with Crippen molar-refractivity contribution in [2.75, 3.05) is 0 Å². The molecule has 2 aromatic carbocycles. The van der Waals surface area contributed by atoms with Gasteiger partial charge < -0.3 is 4.74 Å². The highest BCUT2D eigenvalue weighted by molar-refractivity contribution is 5.89. The number of carbonyl (C=O) groups excluding carboxylic acids is 1. The molecule has 0 atom stereocenters. The summed E-state index contributed by atoms with van der Waals surface area (Å²) in [5.41, 5.74) is 0.584. The van der Waals surface area contributed by atoms with Gasteiger partial charge in [0.1, 0.15) is 12.0 Å². The van der Waals surface area contributed by atoms with Crippen molar-refractivity contribution in [2.24, 2.45) is 5.92 Å². The Kier molecular flexibility index (Phi) is 4.28. The van der Waals surface area contributed by atoms with E-state index in [1.54, 1.807) is 12.1 Å². The number of rotatable bonds is 3. The number of aldehydes is 1. The smallest absolute Gasteiger partial charge is 0.391 e. The van der Waals surface area contributed by atoms with E-state index in [1.807, 2.05) is 24.3 Å². The molecule has 1 aliphatic rings. The van der Waals surface area contributed by atoms with Crippen molar-refractivity contribution in [1.82, 2.24) is 0 Å². The fourth-order valence-corrected chi connectivity index (χ4v) is 3.09. The quantitative estimate of drug-likeness (QED) is 0.730. The van der Waals surface area contributed by atoms with Gasteiger partial charge in [0, 0.05) is 5.56 Å². The fourth-order valence-electron chi connectivity index (χ4n) is 3.09. The van der Waals surface area contributed by atoms with Crippen LogP contribution in [0.3, 0.4) is 0 Å². The third-order valence-corrected chi connectivity index (χ3v) is 4.41. The molecule has 0 bridgehead atoms. The van der Waals surface area contributed by atoms with Gasteiger partial charge in [0.05, 0.1) is 12.0 Å². The highest BCUT2D eigenvalue weighted by Gasteiger charge is 2.41. The van der Waals surface area contributed by atoms with Crippen molar-refractivity contribution >= 4 is 17.1 Å². The number of alkyl halides is 3. The Balaban J connectivity index is 1.69. The molecule has 0 spiro atoms. The Morgan fingerprint density at radius 1 is 0.957 bits per heavy atom. The van der Waals surface area contributed by atoms with Crippen LogP contribution in [0, 0.1) is 5.92 Å². The molecule has 2 nitrogen and oxygen atoms in total. The van der Waals surface area contributed by atoms with Crippen LogP contribution >= 0.6 is 0 Å². The standard InChI is InChI=1S/C18H17F3O2/c19-18(20,21)15-4-7-16(8-5-15)23-17-6-3-13-2-1-12(11-22)9-14(13)10-17/h1-3,6,9-11,15-16H,4-5,7-8H2. The van der Waals surface area contributed by atoms with Crippen molar-refractivity contribution < 1.29 is 22.7 Å². The molecule has 122 valence electrons. The molecule has 23 heavy (non-hydrogen) atoms. The number of hydrogen-bond acceptors (Lipinski definition) is 2. The molecule has 1 fully saturated rings. The third-order valence-electron chi connectivity index (χ3n) is 4.41. The second kappa shape index (κ2) is 6.22. The van der Waals surface area contributed by atoms with Gasteiger partial charge in [-0.25, -0.2) is 0 Å². The maximum atomic E-state index is 12.7. The van der Waals surface area contributed by atoms with Gasteiger partial charge in [-0.2, -0.15) is 13.2 Å². The van der Waals surface area contributed by atoms with Gasteiger partial charge in [-0.15, -0.1) is 0 Å². The number of fused-ring (bicyclic) bond motifs is 1. The molecule has 0 saturated heterocycles. The van der Waals surface area contributed by atoms with Crippen LogP contribution < -0.4 is 4.74 Å². The van der Waals surface area contributed by atoms with Crippen LogP contribution in [0.1, 0.15) is 36.0 Å². The lowest BCUT2D eigenvalue weighted by Crippen LogP contribution is -2.31. The molecular formula is C18H17F3O2. The average molecular weight is 322 g/mol. The Bertz CT molecular complexity index is 701. The number of halogens is 3. The molecule has 5 heteroatoms. The summed E-state index contributed by atoms with van der Waals surface area (Å²) >= 11 is 0. The first-order valence-corrected chi connectivity index (χ1v) is 7.68. The van der Waals surface area contributed by atoms with Crippen LogP contribution in [-0.4, -0.2) is 18.6 Å². The molecule has 2 aromatic rings. The molecular weight excluding hydrogens is 305 g/mol. The van der Waals surface area contributed by atoms with E-state index in [2.05, 4.69) is 0 Å². The van der Waals surface area contributed by atoms with E-state index in [0.717, 1.165) is 17.1 Å². The van der Waals surface area contributed by atoms with Crippen LogP contribution in [0.25, 0.3) is 10.8 Å². The maximum Gasteiger partial charge on any atom is 0.391 e. The van der Waals surface area contributed by atoms with Crippen LogP contribution in [0.2, 0.25) is 0 Å². The van der Waals surface area contributed by atoms with E-state index >= 15 is 0 Å². The fraction of sp³-hybridized carbons (Fsp3) is 0.389. The van der Waals surface area contributed by atoms with Crippen molar-refractivity contribution in [3.05, 3.63) is 42.0 Å². The Morgan fingerprint density at radius 2 is 1.65 bits per heavy atom. The minimum absolute atomic E-state index is 0.122. The third kappa shape index (κ3) is 3.66. The summed E-state index contributed by atoms with van der Waals surface area (Å²) in [5.74, 6) is -0.565. The summed E-state index contributed by atoms with van der Waals surface area (Å²) in [5, 5.41) is 1.87. The van der Waals surface area contributed by atoms with Crippen LogP contribution in [0.15, 0.2) is 36.4 Å². The molecule has 0 aliphatic heterocycles. The summed E-state index contributed by atoms with van der Waals surface area (Å²) in [6.07, 6.45) is -2.42. The van der Waals surface area contributed by atoms with Gasteiger partial charge >= 0.3 is 6.18 Å². The number of carbonyl (C=O) groups is 1. The summed E-state index contributed by atoms with van der Waals surface area (Å²) in [6, 6.07) is 10.9. The van der Waals surface area contributed by atoms with E-state index in [0.29, 0.717) is 24.2 Å². The lowest BCUT2D eigenvalue weighted by molar-refractivity contribution is -0.185. The second-order valence-corrected chi connectivity index (χ2v) is 6.02. The van der Waals surface area contributed by atoms with Crippen LogP contribution in [0.5, 0.6) is 5.75 Å². The van der Waals surface area contributed by atoms with E-state index in [1.165, 1.54) is 0 Å². The molecule has 0 amide bonds. The zero-order valence-electron chi connectivity index (χ0n) is 12.5. The molecule has 0 radical (unpaired) electrons. The van der Waals surface area contributed by atoms with Gasteiger partial charge in [-0.1, -0.05) is 18.2 Å². The molecule has 1 saturated carbocycles. The van der Waals surface area contributed by atoms with E-state index in [4.69, 9.17) is 4.74 Å².